The molecule has 7 heteroatoms. The van der Waals surface area contributed by atoms with E-state index in [0.29, 0.717) is 12.4 Å². The zero-order valence-corrected chi connectivity index (χ0v) is 11.5. The lowest BCUT2D eigenvalue weighted by Crippen LogP contribution is -2.36. The van der Waals surface area contributed by atoms with Crippen molar-refractivity contribution in [3.05, 3.63) is 48.0 Å². The van der Waals surface area contributed by atoms with E-state index in [2.05, 4.69) is 15.6 Å². The molecule has 0 bridgehead atoms. The van der Waals surface area contributed by atoms with E-state index >= 15 is 0 Å². The van der Waals surface area contributed by atoms with E-state index in [1.54, 1.807) is 24.4 Å². The molecule has 0 fully saturated rings. The van der Waals surface area contributed by atoms with Crippen molar-refractivity contribution in [2.75, 3.05) is 13.7 Å². The van der Waals surface area contributed by atoms with Crippen LogP contribution in [-0.2, 0) is 11.3 Å². The maximum absolute atomic E-state index is 11.6. The number of methoxy groups -OCH3 is 1. The van der Waals surface area contributed by atoms with Crippen molar-refractivity contribution in [2.45, 2.75) is 6.54 Å². The van der Waals surface area contributed by atoms with Gasteiger partial charge >= 0.3 is 0 Å². The number of amides is 2. The quantitative estimate of drug-likeness (QED) is 0.817. The lowest BCUT2D eigenvalue weighted by Gasteiger charge is -2.07. The molecule has 0 aliphatic carbocycles. The molecule has 7 nitrogen and oxygen atoms in total. The van der Waals surface area contributed by atoms with Crippen LogP contribution in [0.5, 0.6) is 5.88 Å². The van der Waals surface area contributed by atoms with Crippen molar-refractivity contribution in [1.29, 1.82) is 0 Å². The molecule has 0 atom stereocenters. The van der Waals surface area contributed by atoms with Crippen LogP contribution in [0, 0.1) is 0 Å². The highest BCUT2D eigenvalue weighted by molar-refractivity contribution is 5.94. The lowest BCUT2D eigenvalue weighted by atomic mass is 10.2. The highest BCUT2D eigenvalue weighted by atomic mass is 16.5. The number of ether oxygens (including phenoxy) is 1. The first-order chi connectivity index (χ1) is 10.2. The van der Waals surface area contributed by atoms with Gasteiger partial charge in [0.25, 0.3) is 5.91 Å². The van der Waals surface area contributed by atoms with Gasteiger partial charge in [-0.1, -0.05) is 0 Å². The average molecular weight is 289 g/mol. The Labute approximate surface area is 121 Å². The Morgan fingerprint density at radius 1 is 1.33 bits per heavy atom. The van der Waals surface area contributed by atoms with Gasteiger partial charge in [0, 0.05) is 18.8 Å². The maximum Gasteiger partial charge on any atom is 0.287 e. The summed E-state index contributed by atoms with van der Waals surface area (Å²) in [7, 11) is 1.52. The third-order valence-corrected chi connectivity index (χ3v) is 2.65. The molecule has 0 unspecified atom stereocenters. The minimum atomic E-state index is -0.430. The highest BCUT2D eigenvalue weighted by Crippen LogP contribution is 2.07. The molecule has 0 spiro atoms. The standard InChI is InChI=1S/C14H15N3O4/c1-20-13-7-10(4-5-15-13)8-16-12(18)9-17-14(19)11-3-2-6-21-11/h2-7H,8-9H2,1H3,(H,16,18)(H,17,19). The minimum absolute atomic E-state index is 0.123. The van der Waals surface area contributed by atoms with Gasteiger partial charge in [-0.2, -0.15) is 0 Å². The zero-order valence-electron chi connectivity index (χ0n) is 11.5. The number of nitrogens with one attached hydrogen (secondary N) is 2. The summed E-state index contributed by atoms with van der Waals surface area (Å²) in [6.45, 7) is 0.204. The van der Waals surface area contributed by atoms with Crippen molar-refractivity contribution < 1.29 is 18.7 Å². The van der Waals surface area contributed by atoms with E-state index in [-0.39, 0.29) is 18.2 Å². The van der Waals surface area contributed by atoms with Crippen molar-refractivity contribution >= 4 is 11.8 Å². The normalized spacial score (nSPS) is 9.95. The molecule has 21 heavy (non-hydrogen) atoms. The van der Waals surface area contributed by atoms with E-state index in [0.717, 1.165) is 5.56 Å². The van der Waals surface area contributed by atoms with Crippen LogP contribution >= 0.6 is 0 Å². The van der Waals surface area contributed by atoms with Crippen LogP contribution in [-0.4, -0.2) is 30.5 Å². The Morgan fingerprint density at radius 2 is 2.19 bits per heavy atom. The predicted octanol–water partition coefficient (Wildman–Crippen LogP) is 0.729. The topological polar surface area (TPSA) is 93.5 Å². The molecule has 2 N–H and O–H groups in total. The van der Waals surface area contributed by atoms with Crippen molar-refractivity contribution in [2.24, 2.45) is 0 Å². The molecule has 2 heterocycles. The molecule has 0 saturated carbocycles. The number of furan rings is 1. The number of aromatic nitrogens is 1. The van der Waals surface area contributed by atoms with E-state index < -0.39 is 5.91 Å². The van der Waals surface area contributed by atoms with E-state index in [4.69, 9.17) is 9.15 Å². The number of nitrogens with zero attached hydrogens (tertiary/aromatic N) is 1. The molecular weight excluding hydrogens is 274 g/mol. The molecule has 2 amide bonds. The van der Waals surface area contributed by atoms with Gasteiger partial charge in [0.05, 0.1) is 19.9 Å². The van der Waals surface area contributed by atoms with Crippen LogP contribution in [0.25, 0.3) is 0 Å². The van der Waals surface area contributed by atoms with Gasteiger partial charge in [-0.3, -0.25) is 9.59 Å². The third kappa shape index (κ3) is 4.34. The maximum atomic E-state index is 11.6. The van der Waals surface area contributed by atoms with Crippen molar-refractivity contribution in [3.8, 4) is 5.88 Å². The number of carbonyl (C=O) groups excluding carboxylic acids is 2. The van der Waals surface area contributed by atoms with Crippen LogP contribution in [0.3, 0.4) is 0 Å². The van der Waals surface area contributed by atoms with Crippen LogP contribution in [0.4, 0.5) is 0 Å². The summed E-state index contributed by atoms with van der Waals surface area (Å²) in [6, 6.07) is 6.62. The summed E-state index contributed by atoms with van der Waals surface area (Å²) in [6.07, 6.45) is 2.99. The molecule has 0 aliphatic heterocycles. The smallest absolute Gasteiger partial charge is 0.287 e. The number of carbonyl (C=O) groups is 2. The van der Waals surface area contributed by atoms with E-state index in [1.165, 1.54) is 19.4 Å². The van der Waals surface area contributed by atoms with Gasteiger partial charge in [-0.05, 0) is 23.8 Å². The summed E-state index contributed by atoms with van der Waals surface area (Å²) in [5.41, 5.74) is 0.854. The van der Waals surface area contributed by atoms with Crippen LogP contribution in [0.1, 0.15) is 16.1 Å². The SMILES string of the molecule is COc1cc(CNC(=O)CNC(=O)c2ccco2)ccn1. The molecule has 110 valence electrons. The Kier molecular flexibility index (Phi) is 4.92. The van der Waals surface area contributed by atoms with Crippen molar-refractivity contribution in [1.82, 2.24) is 15.6 Å². The summed E-state index contributed by atoms with van der Waals surface area (Å²) in [4.78, 5) is 27.2. The summed E-state index contributed by atoms with van der Waals surface area (Å²) >= 11 is 0. The summed E-state index contributed by atoms with van der Waals surface area (Å²) in [5.74, 6) is -0.0824. The predicted molar refractivity (Wildman–Crippen MR) is 73.7 cm³/mol. The van der Waals surface area contributed by atoms with Crippen molar-refractivity contribution in [3.63, 3.8) is 0 Å². The number of pyridine rings is 1. The molecule has 0 aromatic carbocycles. The van der Waals surface area contributed by atoms with E-state index in [1.807, 2.05) is 0 Å². The zero-order chi connectivity index (χ0) is 15.1. The number of hydrogen-bond acceptors (Lipinski definition) is 5. The van der Waals surface area contributed by atoms with Crippen LogP contribution in [0.15, 0.2) is 41.1 Å². The largest absolute Gasteiger partial charge is 0.481 e. The fourth-order valence-electron chi connectivity index (χ4n) is 1.59. The van der Waals surface area contributed by atoms with Gasteiger partial charge in [0.2, 0.25) is 11.8 Å². The number of rotatable bonds is 6. The average Bonchev–Trinajstić information content (AvgIpc) is 3.05. The number of hydrogen-bond donors (Lipinski definition) is 2. The molecule has 0 radical (unpaired) electrons. The first-order valence-electron chi connectivity index (χ1n) is 6.26. The summed E-state index contributed by atoms with van der Waals surface area (Å²) in [5, 5.41) is 5.15. The Hall–Kier alpha value is -2.83. The minimum Gasteiger partial charge on any atom is -0.481 e. The monoisotopic (exact) mass is 289 g/mol. The first kappa shape index (κ1) is 14.6. The lowest BCUT2D eigenvalue weighted by molar-refractivity contribution is -0.120. The second-order valence-electron chi connectivity index (χ2n) is 4.14. The van der Waals surface area contributed by atoms with Gasteiger partial charge in [-0.25, -0.2) is 4.98 Å². The second kappa shape index (κ2) is 7.09. The van der Waals surface area contributed by atoms with Crippen LogP contribution < -0.4 is 15.4 Å². The molecule has 0 saturated heterocycles. The Bertz CT molecular complexity index is 610. The Balaban J connectivity index is 1.75. The van der Waals surface area contributed by atoms with Gasteiger partial charge in [0.15, 0.2) is 5.76 Å². The molecule has 0 aliphatic rings. The van der Waals surface area contributed by atoms with Gasteiger partial charge in [0.1, 0.15) is 0 Å². The fourth-order valence-corrected chi connectivity index (χ4v) is 1.59. The third-order valence-electron chi connectivity index (χ3n) is 2.65. The Morgan fingerprint density at radius 3 is 2.90 bits per heavy atom. The molecule has 2 aromatic heterocycles. The highest BCUT2D eigenvalue weighted by Gasteiger charge is 2.10. The van der Waals surface area contributed by atoms with E-state index in [9.17, 15) is 9.59 Å². The second-order valence-corrected chi connectivity index (χ2v) is 4.14. The van der Waals surface area contributed by atoms with Gasteiger partial charge in [-0.15, -0.1) is 0 Å². The fraction of sp³-hybridized carbons (Fsp3) is 0.214. The summed E-state index contributed by atoms with van der Waals surface area (Å²) < 4.78 is 9.91. The van der Waals surface area contributed by atoms with Gasteiger partial charge < -0.3 is 19.8 Å². The molecule has 2 rings (SSSR count). The molecule has 2 aromatic rings. The van der Waals surface area contributed by atoms with Crippen LogP contribution in [0.2, 0.25) is 0 Å². The molecular formula is C14H15N3O4. The first-order valence-corrected chi connectivity index (χ1v) is 6.26.